The molecule has 0 amide bonds. The highest BCUT2D eigenvalue weighted by Crippen LogP contribution is 2.43. The highest BCUT2D eigenvalue weighted by atomic mass is 31.2. The van der Waals surface area contributed by atoms with Crippen LogP contribution in [0, 0.1) is 0 Å². The van der Waals surface area contributed by atoms with Crippen molar-refractivity contribution in [1.29, 1.82) is 0 Å². The zero-order valence-corrected chi connectivity index (χ0v) is 60.6. The van der Waals surface area contributed by atoms with Crippen LogP contribution in [0.5, 0.6) is 0 Å². The summed E-state index contributed by atoms with van der Waals surface area (Å²) >= 11 is 0. The number of nitrogens with zero attached hydrogens (tertiary/aromatic N) is 1. The van der Waals surface area contributed by atoms with Crippen molar-refractivity contribution < 1.29 is 42.1 Å². The predicted octanol–water partition coefficient (Wildman–Crippen LogP) is 25.6. The van der Waals surface area contributed by atoms with Crippen LogP contribution in [0.3, 0.4) is 0 Å². The van der Waals surface area contributed by atoms with Gasteiger partial charge in [-0.1, -0.05) is 359 Å². The Kier molecular flexibility index (Phi) is 68.6. The Labute approximate surface area is 549 Å². The van der Waals surface area contributed by atoms with E-state index in [1.807, 2.05) is 21.1 Å². The lowest BCUT2D eigenvalue weighted by Gasteiger charge is -2.24. The van der Waals surface area contributed by atoms with Crippen LogP contribution in [0.1, 0.15) is 412 Å². The van der Waals surface area contributed by atoms with E-state index in [0.29, 0.717) is 17.4 Å². The number of hydrogen-bond acceptors (Lipinski definition) is 7. The van der Waals surface area contributed by atoms with Gasteiger partial charge in [-0.25, -0.2) is 4.57 Å². The number of hydrogen-bond donors (Lipinski definition) is 1. The second-order valence-corrected chi connectivity index (χ2v) is 29.5. The fraction of sp³-hybridized carbons (Fsp3) is 0.923. The van der Waals surface area contributed by atoms with Gasteiger partial charge in [-0.2, -0.15) is 0 Å². The number of rotatable bonds is 74. The Morgan fingerprint density at radius 2 is 0.580 bits per heavy atom. The molecule has 0 bridgehead atoms. The summed E-state index contributed by atoms with van der Waals surface area (Å²) in [4.78, 5) is 35.9. The van der Waals surface area contributed by atoms with Crippen molar-refractivity contribution in [1.82, 2.24) is 0 Å². The minimum Gasteiger partial charge on any atom is -0.462 e. The monoisotopic (exact) mass is 1260 g/mol. The van der Waals surface area contributed by atoms with Crippen LogP contribution < -0.4 is 0 Å². The molecule has 0 aromatic rings. The maximum atomic E-state index is 12.9. The van der Waals surface area contributed by atoms with Gasteiger partial charge in [-0.3, -0.25) is 18.6 Å². The summed E-state index contributed by atoms with van der Waals surface area (Å²) in [5.41, 5.74) is 0. The molecule has 0 saturated carbocycles. The molecule has 0 aliphatic carbocycles. The number of phosphoric ester groups is 1. The Hall–Kier alpha value is -1.51. The molecule has 0 aromatic carbocycles. The summed E-state index contributed by atoms with van der Waals surface area (Å²) in [5, 5.41) is 0. The maximum absolute atomic E-state index is 12.9. The van der Waals surface area contributed by atoms with Gasteiger partial charge in [-0.05, 0) is 64.2 Å². The van der Waals surface area contributed by atoms with Gasteiger partial charge in [0.25, 0.3) is 0 Å². The second kappa shape index (κ2) is 69.8. The molecule has 0 aliphatic heterocycles. The summed E-state index contributed by atoms with van der Waals surface area (Å²) < 4.78 is 34.8. The number of likely N-dealkylation sites (N-methyl/N-ethyl adjacent to an activating group) is 1. The smallest absolute Gasteiger partial charge is 0.462 e. The molecule has 2 atom stereocenters. The van der Waals surface area contributed by atoms with E-state index < -0.39 is 26.5 Å². The Bertz CT molecular complexity index is 1530. The van der Waals surface area contributed by atoms with Crippen molar-refractivity contribution in [2.24, 2.45) is 0 Å². The standard InChI is InChI=1S/C78H152NO8P/c1-6-8-10-12-14-16-18-20-22-24-26-28-30-31-32-33-34-35-36-37-38-39-40-41-42-43-44-45-46-47-49-51-53-55-57-59-61-63-65-67-69-71-78(81)87-76(75-86-88(82,83)85-73-72-79(3,4)5)74-84-77(80)70-68-66-64-62-60-58-56-54-52-50-48-29-27-25-23-21-19-17-15-13-11-9-7-2/h24-27,76H,6-23,28-75H2,1-5H3/p+1/b26-24-,27-25-. The van der Waals surface area contributed by atoms with Crippen LogP contribution in [0.25, 0.3) is 0 Å². The van der Waals surface area contributed by atoms with Crippen molar-refractivity contribution in [3.8, 4) is 0 Å². The van der Waals surface area contributed by atoms with Crippen LogP contribution >= 0.6 is 7.82 Å². The molecule has 0 spiro atoms. The van der Waals surface area contributed by atoms with Crippen LogP contribution in [0.2, 0.25) is 0 Å². The van der Waals surface area contributed by atoms with E-state index >= 15 is 0 Å². The van der Waals surface area contributed by atoms with Crippen molar-refractivity contribution >= 4 is 19.8 Å². The first-order chi connectivity index (χ1) is 43.0. The Balaban J connectivity index is 3.86. The maximum Gasteiger partial charge on any atom is 0.472 e. The lowest BCUT2D eigenvalue weighted by atomic mass is 10.0. The lowest BCUT2D eigenvalue weighted by Crippen LogP contribution is -2.37. The molecule has 0 aromatic heterocycles. The van der Waals surface area contributed by atoms with Gasteiger partial charge in [0.15, 0.2) is 6.10 Å². The van der Waals surface area contributed by atoms with E-state index in [4.69, 9.17) is 18.5 Å². The highest BCUT2D eigenvalue weighted by Gasteiger charge is 2.27. The van der Waals surface area contributed by atoms with E-state index in [1.54, 1.807) is 0 Å². The molecule has 9 nitrogen and oxygen atoms in total. The van der Waals surface area contributed by atoms with Crippen molar-refractivity contribution in [2.45, 2.75) is 418 Å². The molecular weight excluding hydrogens is 1110 g/mol. The van der Waals surface area contributed by atoms with E-state index in [0.717, 1.165) is 38.5 Å². The molecule has 0 heterocycles. The lowest BCUT2D eigenvalue weighted by molar-refractivity contribution is -0.870. The third-order valence-electron chi connectivity index (χ3n) is 18.0. The van der Waals surface area contributed by atoms with Crippen molar-refractivity contribution in [2.75, 3.05) is 47.5 Å². The topological polar surface area (TPSA) is 108 Å². The molecule has 10 heteroatoms. The molecule has 0 radical (unpaired) electrons. The van der Waals surface area contributed by atoms with E-state index in [9.17, 15) is 19.0 Å². The molecule has 88 heavy (non-hydrogen) atoms. The minimum atomic E-state index is -4.39. The number of carbonyl (C=O) groups is 2. The van der Waals surface area contributed by atoms with Gasteiger partial charge in [0, 0.05) is 12.8 Å². The average Bonchev–Trinajstić information content (AvgIpc) is 3.58. The van der Waals surface area contributed by atoms with Gasteiger partial charge in [0.1, 0.15) is 19.8 Å². The number of quaternary nitrogens is 1. The number of esters is 2. The molecule has 522 valence electrons. The van der Waals surface area contributed by atoms with E-state index in [1.165, 1.54) is 347 Å². The minimum absolute atomic E-state index is 0.0354. The van der Waals surface area contributed by atoms with Crippen LogP contribution in [-0.2, 0) is 32.7 Å². The van der Waals surface area contributed by atoms with Crippen LogP contribution in [0.4, 0.5) is 0 Å². The quantitative estimate of drug-likeness (QED) is 0.0211. The van der Waals surface area contributed by atoms with Gasteiger partial charge < -0.3 is 18.9 Å². The molecule has 2 unspecified atom stereocenters. The number of unbranched alkanes of at least 4 members (excludes halogenated alkanes) is 56. The largest absolute Gasteiger partial charge is 0.472 e. The number of carbonyl (C=O) groups excluding carboxylic acids is 2. The summed E-state index contributed by atoms with van der Waals surface area (Å²) in [7, 11) is 1.50. The van der Waals surface area contributed by atoms with Gasteiger partial charge in [0.05, 0.1) is 27.7 Å². The number of ether oxygens (including phenoxy) is 2. The first kappa shape index (κ1) is 86.5. The zero-order valence-electron chi connectivity index (χ0n) is 59.8. The summed E-state index contributed by atoms with van der Waals surface area (Å²) in [6, 6.07) is 0. The Morgan fingerprint density at radius 1 is 0.341 bits per heavy atom. The summed E-state index contributed by atoms with van der Waals surface area (Å²) in [6.07, 6.45) is 89.0. The van der Waals surface area contributed by atoms with Crippen molar-refractivity contribution in [3.05, 3.63) is 24.3 Å². The second-order valence-electron chi connectivity index (χ2n) is 28.1. The molecule has 0 rings (SSSR count). The molecule has 0 aliphatic rings. The third kappa shape index (κ3) is 73.5. The van der Waals surface area contributed by atoms with Crippen LogP contribution in [0.15, 0.2) is 24.3 Å². The SMILES string of the molecule is CCCCCCCCCC/C=C\CCCCCCCCCCCCCCCCCCCCCCCCCCCCCCCC(=O)OC(COC(=O)CCCCCCCCCCCCC/C=C\CCCCCCCCCC)COP(=O)(O)OCC[N+](C)(C)C. The van der Waals surface area contributed by atoms with E-state index in [2.05, 4.69) is 38.2 Å². The summed E-state index contributed by atoms with van der Waals surface area (Å²) in [6.45, 7) is 4.51. The van der Waals surface area contributed by atoms with Crippen molar-refractivity contribution in [3.63, 3.8) is 0 Å². The first-order valence-corrected chi connectivity index (χ1v) is 40.6. The highest BCUT2D eigenvalue weighted by molar-refractivity contribution is 7.47. The van der Waals surface area contributed by atoms with Gasteiger partial charge in [0.2, 0.25) is 0 Å². The van der Waals surface area contributed by atoms with E-state index in [-0.39, 0.29) is 25.6 Å². The van der Waals surface area contributed by atoms with Gasteiger partial charge in [-0.15, -0.1) is 0 Å². The fourth-order valence-electron chi connectivity index (χ4n) is 12.0. The van der Waals surface area contributed by atoms with Crippen LogP contribution in [-0.4, -0.2) is 74.9 Å². The summed E-state index contributed by atoms with van der Waals surface area (Å²) in [5.74, 6) is -0.774. The predicted molar refractivity (Wildman–Crippen MR) is 381 cm³/mol. The third-order valence-corrected chi connectivity index (χ3v) is 18.9. The zero-order chi connectivity index (χ0) is 64.1. The molecule has 0 saturated heterocycles. The van der Waals surface area contributed by atoms with Gasteiger partial charge >= 0.3 is 19.8 Å². The molecule has 0 fully saturated rings. The Morgan fingerprint density at radius 3 is 0.841 bits per heavy atom. The number of phosphoric acid groups is 1. The average molecular weight is 1260 g/mol. The number of allylic oxidation sites excluding steroid dienone is 4. The normalized spacial score (nSPS) is 13.1. The fourth-order valence-corrected chi connectivity index (χ4v) is 12.7. The molecular formula is C78H153NO8P+. The first-order valence-electron chi connectivity index (χ1n) is 39.1. The molecule has 1 N–H and O–H groups in total.